The molecule has 4 heteroatoms. The van der Waals surface area contributed by atoms with Gasteiger partial charge < -0.3 is 15.0 Å². The summed E-state index contributed by atoms with van der Waals surface area (Å²) in [5.41, 5.74) is 2.10. The molecule has 1 atom stereocenters. The molecule has 0 saturated carbocycles. The Labute approximate surface area is 148 Å². The van der Waals surface area contributed by atoms with E-state index < -0.39 is 5.60 Å². The number of benzene rings is 2. The molecule has 130 valence electrons. The fourth-order valence-electron chi connectivity index (χ4n) is 4.03. The highest BCUT2D eigenvalue weighted by Crippen LogP contribution is 2.42. The van der Waals surface area contributed by atoms with E-state index in [1.165, 1.54) is 5.56 Å². The van der Waals surface area contributed by atoms with E-state index in [-0.39, 0.29) is 12.1 Å². The number of nitrogens with one attached hydrogen (secondary N) is 1. The molecule has 4 rings (SSSR count). The highest BCUT2D eigenvalue weighted by Gasteiger charge is 2.51. The van der Waals surface area contributed by atoms with Gasteiger partial charge in [0.05, 0.1) is 6.04 Å². The van der Waals surface area contributed by atoms with Gasteiger partial charge in [-0.2, -0.15) is 0 Å². The third-order valence-corrected chi connectivity index (χ3v) is 5.48. The second kappa shape index (κ2) is 6.89. The predicted molar refractivity (Wildman–Crippen MR) is 97.4 cm³/mol. The first-order chi connectivity index (χ1) is 12.3. The zero-order chi connectivity index (χ0) is 17.1. The molecule has 1 N–H and O–H groups in total. The van der Waals surface area contributed by atoms with Gasteiger partial charge in [-0.3, -0.25) is 0 Å². The molecule has 0 aliphatic carbocycles. The molecule has 0 aromatic heterocycles. The van der Waals surface area contributed by atoms with E-state index in [2.05, 4.69) is 52.7 Å². The topological polar surface area (TPSA) is 41.6 Å². The molecule has 2 aromatic rings. The average Bonchev–Trinajstić information content (AvgIpc) is 2.99. The molecule has 2 saturated heterocycles. The molecule has 1 unspecified atom stereocenters. The second-order valence-corrected chi connectivity index (χ2v) is 7.02. The van der Waals surface area contributed by atoms with Crippen molar-refractivity contribution in [3.8, 4) is 0 Å². The highest BCUT2D eigenvalue weighted by atomic mass is 16.6. The highest BCUT2D eigenvalue weighted by molar-refractivity contribution is 5.71. The summed E-state index contributed by atoms with van der Waals surface area (Å²) in [7, 11) is 0. The van der Waals surface area contributed by atoms with Crippen molar-refractivity contribution < 1.29 is 9.53 Å². The number of hydrogen-bond acceptors (Lipinski definition) is 3. The van der Waals surface area contributed by atoms with Gasteiger partial charge in [-0.25, -0.2) is 4.79 Å². The Morgan fingerprint density at radius 1 is 1.00 bits per heavy atom. The van der Waals surface area contributed by atoms with Crippen LogP contribution in [-0.2, 0) is 11.2 Å². The zero-order valence-corrected chi connectivity index (χ0v) is 14.4. The average molecular weight is 336 g/mol. The fourth-order valence-corrected chi connectivity index (χ4v) is 4.03. The molecule has 0 radical (unpaired) electrons. The molecule has 2 aromatic carbocycles. The number of piperidine rings is 1. The first kappa shape index (κ1) is 16.2. The minimum atomic E-state index is -0.401. The molecule has 25 heavy (non-hydrogen) atoms. The number of carbonyl (C=O) groups is 1. The van der Waals surface area contributed by atoms with Crippen LogP contribution in [0.15, 0.2) is 60.7 Å². The van der Waals surface area contributed by atoms with E-state index in [4.69, 9.17) is 4.74 Å². The van der Waals surface area contributed by atoms with Crippen LogP contribution in [0.25, 0.3) is 0 Å². The molecule has 4 nitrogen and oxygen atoms in total. The number of rotatable bonds is 4. The summed E-state index contributed by atoms with van der Waals surface area (Å²) in [4.78, 5) is 14.4. The maximum Gasteiger partial charge on any atom is 0.408 e. The largest absolute Gasteiger partial charge is 0.440 e. The van der Waals surface area contributed by atoms with Crippen LogP contribution in [-0.4, -0.2) is 36.2 Å². The summed E-state index contributed by atoms with van der Waals surface area (Å²) in [6.07, 6.45) is 2.53. The summed E-state index contributed by atoms with van der Waals surface area (Å²) >= 11 is 0. The second-order valence-electron chi connectivity index (χ2n) is 7.02. The number of amides is 1. The molecule has 0 bridgehead atoms. The van der Waals surface area contributed by atoms with Gasteiger partial charge in [0.25, 0.3) is 0 Å². The Hall–Kier alpha value is -2.33. The van der Waals surface area contributed by atoms with Gasteiger partial charge in [-0.1, -0.05) is 60.7 Å². The molecule has 2 aliphatic heterocycles. The van der Waals surface area contributed by atoms with Crippen LogP contribution in [0.4, 0.5) is 4.79 Å². The van der Waals surface area contributed by atoms with E-state index in [1.54, 1.807) is 0 Å². The number of ether oxygens (including phenoxy) is 1. The maximum absolute atomic E-state index is 11.9. The van der Waals surface area contributed by atoms with E-state index >= 15 is 0 Å². The van der Waals surface area contributed by atoms with Crippen LogP contribution < -0.4 is 5.32 Å². The molecular weight excluding hydrogens is 312 g/mol. The Bertz CT molecular complexity index is 709. The first-order valence-electron chi connectivity index (χ1n) is 9.06. The Balaban J connectivity index is 1.40. The van der Waals surface area contributed by atoms with Gasteiger partial charge in [0, 0.05) is 32.5 Å². The lowest BCUT2D eigenvalue weighted by Crippen LogP contribution is -2.48. The van der Waals surface area contributed by atoms with E-state index in [9.17, 15) is 4.79 Å². The minimum absolute atomic E-state index is 0.0440. The minimum Gasteiger partial charge on any atom is -0.440 e. The molecule has 2 aliphatic rings. The predicted octanol–water partition coefficient (Wildman–Crippen LogP) is 3.54. The summed E-state index contributed by atoms with van der Waals surface area (Å²) in [6.45, 7) is 2.98. The van der Waals surface area contributed by atoms with E-state index in [0.29, 0.717) is 0 Å². The lowest BCUT2D eigenvalue weighted by molar-refractivity contribution is -0.0188. The van der Waals surface area contributed by atoms with Crippen molar-refractivity contribution in [2.75, 3.05) is 19.6 Å². The normalized spacial score (nSPS) is 22.6. The standard InChI is InChI=1S/C21H24N2O2/c24-20-22-19(18-9-5-2-6-10-18)21(25-20)12-15-23(16-13-21)14-11-17-7-3-1-4-8-17/h1-10,19H,11-16H2,(H,22,24). The zero-order valence-electron chi connectivity index (χ0n) is 14.4. The summed E-state index contributed by atoms with van der Waals surface area (Å²) < 4.78 is 5.79. The fraction of sp³-hybridized carbons (Fsp3) is 0.381. The van der Waals surface area contributed by atoms with Crippen molar-refractivity contribution >= 4 is 6.09 Å². The van der Waals surface area contributed by atoms with Crippen LogP contribution >= 0.6 is 0 Å². The van der Waals surface area contributed by atoms with Crippen molar-refractivity contribution in [1.82, 2.24) is 10.2 Å². The van der Waals surface area contributed by atoms with Crippen molar-refractivity contribution in [3.63, 3.8) is 0 Å². The SMILES string of the molecule is O=C1NC(c2ccccc2)C2(CCN(CCc3ccccc3)CC2)O1. The maximum atomic E-state index is 11.9. The Morgan fingerprint density at radius 2 is 1.64 bits per heavy atom. The van der Waals surface area contributed by atoms with Crippen molar-refractivity contribution in [2.45, 2.75) is 30.9 Å². The lowest BCUT2D eigenvalue weighted by Gasteiger charge is -2.40. The van der Waals surface area contributed by atoms with Crippen LogP contribution in [0.1, 0.15) is 30.0 Å². The van der Waals surface area contributed by atoms with Gasteiger partial charge in [-0.05, 0) is 17.5 Å². The third-order valence-electron chi connectivity index (χ3n) is 5.48. The quantitative estimate of drug-likeness (QED) is 0.928. The van der Waals surface area contributed by atoms with Gasteiger partial charge >= 0.3 is 6.09 Å². The summed E-state index contributed by atoms with van der Waals surface area (Å²) in [5, 5.41) is 3.02. The number of nitrogens with zero attached hydrogens (tertiary/aromatic N) is 1. The van der Waals surface area contributed by atoms with Gasteiger partial charge in [-0.15, -0.1) is 0 Å². The molecule has 1 amide bonds. The van der Waals surface area contributed by atoms with E-state index in [0.717, 1.165) is 44.5 Å². The number of likely N-dealkylation sites (tertiary alicyclic amines) is 1. The van der Waals surface area contributed by atoms with Crippen LogP contribution in [0.3, 0.4) is 0 Å². The monoisotopic (exact) mass is 336 g/mol. The Kier molecular flexibility index (Phi) is 4.45. The van der Waals surface area contributed by atoms with Crippen molar-refractivity contribution in [1.29, 1.82) is 0 Å². The van der Waals surface area contributed by atoms with Crippen LogP contribution in [0, 0.1) is 0 Å². The third kappa shape index (κ3) is 3.40. The van der Waals surface area contributed by atoms with Crippen LogP contribution in [0.5, 0.6) is 0 Å². The van der Waals surface area contributed by atoms with E-state index in [1.807, 2.05) is 18.2 Å². The van der Waals surface area contributed by atoms with Crippen molar-refractivity contribution in [2.24, 2.45) is 0 Å². The summed E-state index contributed by atoms with van der Waals surface area (Å²) in [5.74, 6) is 0. The van der Waals surface area contributed by atoms with Crippen molar-refractivity contribution in [3.05, 3.63) is 71.8 Å². The molecule has 2 heterocycles. The molecule has 1 spiro atoms. The van der Waals surface area contributed by atoms with Gasteiger partial charge in [0.1, 0.15) is 5.60 Å². The number of carbonyl (C=O) groups excluding carboxylic acids is 1. The first-order valence-corrected chi connectivity index (χ1v) is 9.06. The van der Waals surface area contributed by atoms with Gasteiger partial charge in [0.15, 0.2) is 0 Å². The lowest BCUT2D eigenvalue weighted by atomic mass is 9.81. The smallest absolute Gasteiger partial charge is 0.408 e. The van der Waals surface area contributed by atoms with Crippen LogP contribution in [0.2, 0.25) is 0 Å². The summed E-state index contributed by atoms with van der Waals surface area (Å²) in [6, 6.07) is 20.7. The molecular formula is C21H24N2O2. The Morgan fingerprint density at radius 3 is 2.32 bits per heavy atom. The molecule has 2 fully saturated rings. The number of hydrogen-bond donors (Lipinski definition) is 1. The number of alkyl carbamates (subject to hydrolysis) is 1. The van der Waals surface area contributed by atoms with Gasteiger partial charge in [0.2, 0.25) is 0 Å².